The van der Waals surface area contributed by atoms with E-state index in [9.17, 15) is 4.79 Å². The van der Waals surface area contributed by atoms with Crippen LogP contribution in [-0.4, -0.2) is 17.2 Å². The van der Waals surface area contributed by atoms with E-state index in [2.05, 4.69) is 9.24 Å². The van der Waals surface area contributed by atoms with Crippen LogP contribution in [-0.2, 0) is 4.79 Å². The Kier molecular flexibility index (Phi) is 2.07. The fraction of sp³-hybridized carbons (Fsp3) is 0.833. The Morgan fingerprint density at radius 3 is 2.56 bits per heavy atom. The molecule has 0 aromatic carbocycles. The lowest BCUT2D eigenvalue weighted by molar-refractivity contribution is -0.145. The highest BCUT2D eigenvalue weighted by atomic mass is 31.0. The van der Waals surface area contributed by atoms with Crippen molar-refractivity contribution in [3.05, 3.63) is 0 Å². The van der Waals surface area contributed by atoms with E-state index in [0.717, 1.165) is 19.0 Å². The Morgan fingerprint density at radius 2 is 2.22 bits per heavy atom. The van der Waals surface area contributed by atoms with Crippen molar-refractivity contribution in [2.45, 2.75) is 12.8 Å². The maximum atomic E-state index is 10.2. The van der Waals surface area contributed by atoms with E-state index in [0.29, 0.717) is 5.92 Å². The van der Waals surface area contributed by atoms with Gasteiger partial charge in [0, 0.05) is 0 Å². The van der Waals surface area contributed by atoms with Gasteiger partial charge in [-0.15, -0.1) is 9.24 Å². The van der Waals surface area contributed by atoms with Crippen LogP contribution >= 0.6 is 9.24 Å². The molecule has 2 nitrogen and oxygen atoms in total. The smallest absolute Gasteiger partial charge is 0.306 e. The van der Waals surface area contributed by atoms with Crippen LogP contribution in [0.5, 0.6) is 0 Å². The molecule has 0 aromatic rings. The topological polar surface area (TPSA) is 37.3 Å². The fourth-order valence-electron chi connectivity index (χ4n) is 1.13. The highest BCUT2D eigenvalue weighted by Gasteiger charge is 2.32. The third-order valence-corrected chi connectivity index (χ3v) is 2.58. The van der Waals surface area contributed by atoms with Crippen LogP contribution in [0.2, 0.25) is 0 Å². The van der Waals surface area contributed by atoms with Gasteiger partial charge in [0.05, 0.1) is 5.92 Å². The first-order valence-electron chi connectivity index (χ1n) is 3.17. The molecule has 0 heterocycles. The second kappa shape index (κ2) is 2.66. The molecule has 52 valence electrons. The van der Waals surface area contributed by atoms with Crippen LogP contribution in [0.1, 0.15) is 12.8 Å². The molecule has 0 saturated heterocycles. The average molecular weight is 146 g/mol. The quantitative estimate of drug-likeness (QED) is 0.589. The van der Waals surface area contributed by atoms with Gasteiger partial charge < -0.3 is 5.11 Å². The second-order valence-electron chi connectivity index (χ2n) is 2.61. The molecule has 0 aromatic heterocycles. The molecule has 1 unspecified atom stereocenters. The molecular weight excluding hydrogens is 135 g/mol. The predicted molar refractivity (Wildman–Crippen MR) is 38.4 cm³/mol. The maximum Gasteiger partial charge on any atom is 0.306 e. The van der Waals surface area contributed by atoms with E-state index in [1.54, 1.807) is 0 Å². The first-order chi connectivity index (χ1) is 4.24. The Bertz CT molecular complexity index is 118. The number of carboxylic acids is 1. The number of carboxylic acid groups (broad SMARTS) is 1. The highest BCUT2D eigenvalue weighted by Crippen LogP contribution is 2.34. The van der Waals surface area contributed by atoms with Crippen LogP contribution in [0.3, 0.4) is 0 Å². The molecule has 3 heteroatoms. The average Bonchev–Trinajstić information content (AvgIpc) is 1.61. The third-order valence-electron chi connectivity index (χ3n) is 1.92. The van der Waals surface area contributed by atoms with Crippen LogP contribution in [0.15, 0.2) is 0 Å². The first kappa shape index (κ1) is 7.01. The van der Waals surface area contributed by atoms with Crippen LogP contribution < -0.4 is 0 Å². The normalized spacial score (nSPS) is 33.4. The van der Waals surface area contributed by atoms with Crippen molar-refractivity contribution < 1.29 is 9.90 Å². The first-order valence-corrected chi connectivity index (χ1v) is 3.98. The van der Waals surface area contributed by atoms with Gasteiger partial charge in [-0.25, -0.2) is 0 Å². The van der Waals surface area contributed by atoms with Gasteiger partial charge in [-0.3, -0.25) is 4.79 Å². The number of hydrogen-bond acceptors (Lipinski definition) is 1. The molecule has 0 radical (unpaired) electrons. The van der Waals surface area contributed by atoms with Crippen molar-refractivity contribution in [2.24, 2.45) is 11.8 Å². The minimum absolute atomic E-state index is 0.0319. The molecule has 1 rings (SSSR count). The molecule has 0 spiro atoms. The Balaban J connectivity index is 2.19. The molecule has 1 fully saturated rings. The summed E-state index contributed by atoms with van der Waals surface area (Å²) in [6.07, 6.45) is 2.83. The van der Waals surface area contributed by atoms with E-state index in [-0.39, 0.29) is 5.92 Å². The van der Waals surface area contributed by atoms with Gasteiger partial charge in [0.25, 0.3) is 0 Å². The van der Waals surface area contributed by atoms with Crippen molar-refractivity contribution >= 4 is 15.2 Å². The second-order valence-corrected chi connectivity index (χ2v) is 3.08. The summed E-state index contributed by atoms with van der Waals surface area (Å²) in [7, 11) is 2.65. The van der Waals surface area contributed by atoms with Gasteiger partial charge >= 0.3 is 5.97 Å². The van der Waals surface area contributed by atoms with Crippen molar-refractivity contribution in [3.8, 4) is 0 Å². The Labute approximate surface area is 56.8 Å². The molecule has 1 N–H and O–H groups in total. The fourth-order valence-corrected chi connectivity index (χ4v) is 1.51. The summed E-state index contributed by atoms with van der Waals surface area (Å²) in [6.45, 7) is 0. The van der Waals surface area contributed by atoms with Gasteiger partial charge in [0.15, 0.2) is 0 Å². The van der Waals surface area contributed by atoms with E-state index < -0.39 is 5.97 Å². The SMILES string of the molecule is O=C(O)C1CC(CP)C1. The Hall–Kier alpha value is -0.100. The van der Waals surface area contributed by atoms with E-state index in [1.165, 1.54) is 0 Å². The molecule has 1 atom stereocenters. The van der Waals surface area contributed by atoms with Crippen molar-refractivity contribution in [3.63, 3.8) is 0 Å². The zero-order valence-electron chi connectivity index (χ0n) is 5.21. The van der Waals surface area contributed by atoms with Gasteiger partial charge in [-0.2, -0.15) is 0 Å². The monoisotopic (exact) mass is 146 g/mol. The molecular formula is C6H11O2P. The van der Waals surface area contributed by atoms with Crippen LogP contribution in [0.25, 0.3) is 0 Å². The molecule has 1 aliphatic carbocycles. The van der Waals surface area contributed by atoms with Gasteiger partial charge in [0.1, 0.15) is 0 Å². The lowest BCUT2D eigenvalue weighted by atomic mass is 9.76. The summed E-state index contributed by atoms with van der Waals surface area (Å²) in [5.74, 6) is 0.0105. The summed E-state index contributed by atoms with van der Waals surface area (Å²) in [5, 5.41) is 8.44. The van der Waals surface area contributed by atoms with Crippen LogP contribution in [0.4, 0.5) is 0 Å². The third kappa shape index (κ3) is 1.42. The highest BCUT2D eigenvalue weighted by molar-refractivity contribution is 7.16. The largest absolute Gasteiger partial charge is 0.481 e. The summed E-state index contributed by atoms with van der Waals surface area (Å²) in [4.78, 5) is 10.2. The van der Waals surface area contributed by atoms with Crippen molar-refractivity contribution in [1.29, 1.82) is 0 Å². The predicted octanol–water partition coefficient (Wildman–Crippen LogP) is 0.972. The zero-order chi connectivity index (χ0) is 6.85. The van der Waals surface area contributed by atoms with Crippen molar-refractivity contribution in [1.82, 2.24) is 0 Å². The van der Waals surface area contributed by atoms with Gasteiger partial charge in [0.2, 0.25) is 0 Å². The lowest BCUT2D eigenvalue weighted by Crippen LogP contribution is -2.30. The molecule has 1 saturated carbocycles. The number of rotatable bonds is 2. The minimum atomic E-state index is -0.621. The molecule has 9 heavy (non-hydrogen) atoms. The van der Waals surface area contributed by atoms with E-state index in [1.807, 2.05) is 0 Å². The summed E-state index contributed by atoms with van der Waals surface area (Å²) < 4.78 is 0. The Morgan fingerprint density at radius 1 is 1.67 bits per heavy atom. The standard InChI is InChI=1S/C6H11O2P/c7-6(8)5-1-4(2-5)3-9/h4-5H,1-3,9H2,(H,7,8). The number of carbonyl (C=O) groups is 1. The van der Waals surface area contributed by atoms with Gasteiger partial charge in [-0.05, 0) is 24.9 Å². The maximum absolute atomic E-state index is 10.2. The van der Waals surface area contributed by atoms with Crippen molar-refractivity contribution in [2.75, 3.05) is 6.16 Å². The zero-order valence-corrected chi connectivity index (χ0v) is 6.36. The van der Waals surface area contributed by atoms with Crippen LogP contribution in [0, 0.1) is 11.8 Å². The van der Waals surface area contributed by atoms with Gasteiger partial charge in [-0.1, -0.05) is 0 Å². The summed E-state index contributed by atoms with van der Waals surface area (Å²) in [6, 6.07) is 0. The van der Waals surface area contributed by atoms with E-state index >= 15 is 0 Å². The number of aliphatic carboxylic acids is 1. The molecule has 0 amide bonds. The number of hydrogen-bond donors (Lipinski definition) is 1. The molecule has 1 aliphatic rings. The molecule has 0 aliphatic heterocycles. The lowest BCUT2D eigenvalue weighted by Gasteiger charge is -2.30. The molecule has 0 bridgehead atoms. The summed E-state index contributed by atoms with van der Waals surface area (Å²) >= 11 is 0. The van der Waals surface area contributed by atoms with E-state index in [4.69, 9.17) is 5.11 Å². The minimum Gasteiger partial charge on any atom is -0.481 e. The summed E-state index contributed by atoms with van der Waals surface area (Å²) in [5.41, 5.74) is 0.